The van der Waals surface area contributed by atoms with E-state index in [9.17, 15) is 0 Å². The van der Waals surface area contributed by atoms with Gasteiger partial charge in [-0.2, -0.15) is 0 Å². The summed E-state index contributed by atoms with van der Waals surface area (Å²) in [7, 11) is 0. The fraction of sp³-hybridized carbons (Fsp3) is 0.333. The highest BCUT2D eigenvalue weighted by Gasteiger charge is 2.36. The van der Waals surface area contributed by atoms with Gasteiger partial charge in [-0.15, -0.1) is 0 Å². The minimum Gasteiger partial charge on any atom is -0.406 e. The Balaban J connectivity index is 2.52. The Morgan fingerprint density at radius 3 is 2.25 bits per heavy atom. The van der Waals surface area contributed by atoms with Crippen molar-refractivity contribution >= 4 is 6.42 Å². The fourth-order valence-corrected chi connectivity index (χ4v) is 2.52. The molecule has 2 aromatic heterocycles. The minimum absolute atomic E-state index is 0.818. The summed E-state index contributed by atoms with van der Waals surface area (Å²) in [5, 5.41) is 4.43. The van der Waals surface area contributed by atoms with E-state index in [1.54, 1.807) is 0 Å². The maximum Gasteiger partial charge on any atom is 0.392 e. The van der Waals surface area contributed by atoms with Crippen LogP contribution in [0.3, 0.4) is 0 Å². The summed E-state index contributed by atoms with van der Waals surface area (Å²) in [6.07, 6.45) is 9.52. The van der Waals surface area contributed by atoms with Crippen LogP contribution in [-0.4, -0.2) is 16.1 Å². The second-order valence-electron chi connectivity index (χ2n) is 4.26. The Morgan fingerprint density at radius 2 is 1.75 bits per heavy atom. The molecule has 2 heterocycles. The van der Waals surface area contributed by atoms with E-state index in [4.69, 9.17) is 0 Å². The van der Waals surface area contributed by atoms with Crippen molar-refractivity contribution in [2.24, 2.45) is 0 Å². The van der Waals surface area contributed by atoms with Crippen LogP contribution in [0.15, 0.2) is 49.1 Å². The first-order chi connectivity index (χ1) is 7.83. The molecule has 3 nitrogen and oxygen atoms in total. The van der Waals surface area contributed by atoms with Gasteiger partial charge in [-0.25, -0.2) is 5.10 Å². The quantitative estimate of drug-likeness (QED) is 0.715. The van der Waals surface area contributed by atoms with Gasteiger partial charge in [0.15, 0.2) is 0 Å². The molecule has 0 amide bonds. The zero-order chi connectivity index (χ0) is 11.4. The van der Waals surface area contributed by atoms with Crippen LogP contribution in [0, 0.1) is 0 Å². The molecule has 4 heteroatoms. The largest absolute Gasteiger partial charge is 0.406 e. The molecule has 0 fully saturated rings. The van der Waals surface area contributed by atoms with Gasteiger partial charge in [-0.05, 0) is 24.4 Å². The molecule has 0 N–H and O–H groups in total. The molecule has 0 aliphatic heterocycles. The van der Waals surface area contributed by atoms with E-state index in [2.05, 4.69) is 58.7 Å². The van der Waals surface area contributed by atoms with E-state index >= 15 is 0 Å². The molecule has 0 radical (unpaired) electrons. The van der Waals surface area contributed by atoms with Crippen LogP contribution in [0.4, 0.5) is 0 Å². The third-order valence-electron chi connectivity index (χ3n) is 3.62. The predicted molar refractivity (Wildman–Crippen MR) is 66.4 cm³/mol. The van der Waals surface area contributed by atoms with Crippen LogP contribution in [0.2, 0.25) is 12.6 Å². The Kier molecular flexibility index (Phi) is 3.08. The highest BCUT2D eigenvalue weighted by Crippen LogP contribution is 2.12. The van der Waals surface area contributed by atoms with Crippen molar-refractivity contribution in [3.63, 3.8) is 0 Å². The van der Waals surface area contributed by atoms with Crippen LogP contribution >= 0.6 is 0 Å². The molecule has 0 aliphatic rings. The lowest BCUT2D eigenvalue weighted by Crippen LogP contribution is -2.68. The average Bonchev–Trinajstić information content (AvgIpc) is 2.87. The molecule has 0 aliphatic carbocycles. The average molecular weight is 215 g/mol. The second kappa shape index (κ2) is 4.52. The zero-order valence-corrected chi connectivity index (χ0v) is 9.95. The molecule has 0 spiro atoms. The molecule has 2 rings (SSSR count). The van der Waals surface area contributed by atoms with E-state index in [0.29, 0.717) is 0 Å². The maximum absolute atomic E-state index is 4.43. The lowest BCUT2D eigenvalue weighted by molar-refractivity contribution is -0.551. The first-order valence-electron chi connectivity index (χ1n) is 5.98. The van der Waals surface area contributed by atoms with Crippen molar-refractivity contribution in [2.75, 3.05) is 0 Å². The highest BCUT2D eigenvalue weighted by atomic mass is 15.3. The molecule has 0 aromatic carbocycles. The SMILES string of the molecule is CC[B-](CC)(n1cccn1)[n+]1ccccc1. The van der Waals surface area contributed by atoms with Crippen LogP contribution < -0.4 is 4.48 Å². The molecule has 0 atom stereocenters. The number of hydrogen-bond acceptors (Lipinski definition) is 1. The fourth-order valence-electron chi connectivity index (χ4n) is 2.52. The molecule has 0 saturated heterocycles. The number of pyridine rings is 1. The van der Waals surface area contributed by atoms with E-state index in [0.717, 1.165) is 12.6 Å². The van der Waals surface area contributed by atoms with Gasteiger partial charge in [0.05, 0.1) is 0 Å². The van der Waals surface area contributed by atoms with Crippen LogP contribution in [0.25, 0.3) is 0 Å². The van der Waals surface area contributed by atoms with Crippen molar-refractivity contribution in [2.45, 2.75) is 26.5 Å². The van der Waals surface area contributed by atoms with Gasteiger partial charge in [0.1, 0.15) is 12.4 Å². The van der Waals surface area contributed by atoms with Crippen molar-refractivity contribution in [3.8, 4) is 0 Å². The molecular weight excluding hydrogens is 197 g/mol. The maximum atomic E-state index is 4.43. The van der Waals surface area contributed by atoms with Crippen molar-refractivity contribution in [3.05, 3.63) is 49.1 Å². The van der Waals surface area contributed by atoms with Gasteiger partial charge in [0, 0.05) is 6.20 Å². The summed E-state index contributed by atoms with van der Waals surface area (Å²) >= 11 is 0. The molecule has 0 unspecified atom stereocenters. The summed E-state index contributed by atoms with van der Waals surface area (Å²) in [5.74, 6) is 0. The molecule has 0 saturated carbocycles. The van der Waals surface area contributed by atoms with Gasteiger partial charge in [-0.1, -0.05) is 32.6 Å². The smallest absolute Gasteiger partial charge is 0.392 e. The number of aromatic nitrogens is 3. The summed E-state index contributed by atoms with van der Waals surface area (Å²) in [6, 6.07) is 8.19. The minimum atomic E-state index is -0.818. The van der Waals surface area contributed by atoms with Gasteiger partial charge >= 0.3 is 6.42 Å². The highest BCUT2D eigenvalue weighted by molar-refractivity contribution is 6.69. The summed E-state index contributed by atoms with van der Waals surface area (Å²) < 4.78 is 4.41. The van der Waals surface area contributed by atoms with E-state index in [1.807, 2.05) is 18.3 Å². The number of rotatable bonds is 4. The Labute approximate surface area is 96.7 Å². The molecule has 0 bridgehead atoms. The monoisotopic (exact) mass is 215 g/mol. The van der Waals surface area contributed by atoms with Gasteiger partial charge in [-0.3, -0.25) is 0 Å². The van der Waals surface area contributed by atoms with Crippen LogP contribution in [0.1, 0.15) is 13.8 Å². The number of hydrogen-bond donors (Lipinski definition) is 0. The lowest BCUT2D eigenvalue weighted by atomic mass is 9.42. The van der Waals surface area contributed by atoms with Gasteiger partial charge in [0.25, 0.3) is 0 Å². The van der Waals surface area contributed by atoms with E-state index in [-0.39, 0.29) is 0 Å². The standard InChI is InChI=1S/C12H18BN3/c1-3-13(4-2,16-12-8-9-14-16)15-10-6-5-7-11-15/h5-12H,3-4H2,1-2H3. The summed E-state index contributed by atoms with van der Waals surface area (Å²) in [4.78, 5) is 0. The topological polar surface area (TPSA) is 21.7 Å². The molecule has 84 valence electrons. The predicted octanol–water partition coefficient (Wildman–Crippen LogP) is 2.05. The molecule has 16 heavy (non-hydrogen) atoms. The van der Waals surface area contributed by atoms with Crippen molar-refractivity contribution in [1.29, 1.82) is 0 Å². The Hall–Kier alpha value is -1.58. The second-order valence-corrected chi connectivity index (χ2v) is 4.26. The summed E-state index contributed by atoms with van der Waals surface area (Å²) in [5.41, 5.74) is 0. The van der Waals surface area contributed by atoms with E-state index in [1.165, 1.54) is 0 Å². The third kappa shape index (κ3) is 1.64. The van der Waals surface area contributed by atoms with Gasteiger partial charge < -0.3 is 9.07 Å². The zero-order valence-electron chi connectivity index (χ0n) is 9.95. The molecular formula is C12H18BN3. The van der Waals surface area contributed by atoms with Crippen molar-refractivity contribution < 1.29 is 4.48 Å². The Bertz CT molecular complexity index is 421. The van der Waals surface area contributed by atoms with Crippen LogP contribution in [0.5, 0.6) is 0 Å². The first kappa shape index (κ1) is 10.9. The Morgan fingerprint density at radius 1 is 1.06 bits per heavy atom. The first-order valence-corrected chi connectivity index (χ1v) is 5.98. The van der Waals surface area contributed by atoms with Crippen LogP contribution in [-0.2, 0) is 0 Å². The molecule has 2 aromatic rings. The number of nitrogens with zero attached hydrogens (tertiary/aromatic N) is 3. The normalized spacial score (nSPS) is 11.6. The lowest BCUT2D eigenvalue weighted by Gasteiger charge is -2.32. The van der Waals surface area contributed by atoms with Crippen molar-refractivity contribution in [1.82, 2.24) is 9.69 Å². The van der Waals surface area contributed by atoms with E-state index < -0.39 is 6.42 Å². The third-order valence-corrected chi connectivity index (χ3v) is 3.62. The summed E-state index contributed by atoms with van der Waals surface area (Å²) in [6.45, 7) is 4.45. The van der Waals surface area contributed by atoms with Gasteiger partial charge in [0.2, 0.25) is 0 Å².